The van der Waals surface area contributed by atoms with Crippen LogP contribution in [0.5, 0.6) is 0 Å². The molecule has 13 aromatic heterocycles. The number of hydrogen-bond acceptors (Lipinski definition) is 12. The molecule has 0 fully saturated rings. The lowest BCUT2D eigenvalue weighted by Gasteiger charge is -2.09. The van der Waals surface area contributed by atoms with Gasteiger partial charge in [0.15, 0.2) is 5.65 Å². The Morgan fingerprint density at radius 3 is 1.15 bits per heavy atom. The van der Waals surface area contributed by atoms with E-state index in [0.29, 0.717) is 15.5 Å². The van der Waals surface area contributed by atoms with Gasteiger partial charge in [0.1, 0.15) is 43.6 Å². The molecule has 0 aliphatic rings. The molecule has 0 spiro atoms. The second kappa shape index (κ2) is 38.5. The lowest BCUT2D eigenvalue weighted by atomic mass is 10.0. The van der Waals surface area contributed by atoms with E-state index in [4.69, 9.17) is 81.2 Å². The molecule has 0 radical (unpaired) electrons. The minimum absolute atomic E-state index is 0.258. The number of para-hydroxylation sites is 4. The van der Waals surface area contributed by atoms with Crippen LogP contribution in [0.25, 0.3) is 155 Å². The standard InChI is InChI=1S/C18H12ClN3.C18H11ClN2.C16H10ClN3.2C13H9ClN2.2C12H8ClN3/c19-18-20-12-15-10-11-22(17(15)21-18)16-8-6-14(7-9-16)13-4-2-1-3-5-13;19-18-20-15-11-10-12-6-4-5-9-14(12)16(15)17(21-18)13-7-2-1-3-8-13;17-16-18-10-13-7-8-20(15(13)19-16)14-6-5-11-3-1-2-4-12(11)9-14;14-13-8-12-10(9-15-13)6-7-16(12)11-4-2-1-3-5-11;14-12-7-6-10-8-9-16(13(10)15-12)11-4-2-1-3-5-11;13-12-14-8-9-6-7-16(11(9)15-12)10-4-2-1-3-5-10;13-11-8-14-10-6-7-16(12(10)15-11)9-4-2-1-3-5-9/h1-12H;1-11H;1-10H;2*1-9H;2*1-8H. The topological polar surface area (TPSA) is 184 Å². The molecule has 127 heavy (non-hydrogen) atoms. The molecule has 0 unspecified atom stereocenters. The third-order valence-electron chi connectivity index (χ3n) is 20.6. The van der Waals surface area contributed by atoms with Crippen LogP contribution in [-0.2, 0) is 0 Å². The maximum atomic E-state index is 6.10. The van der Waals surface area contributed by atoms with Crippen LogP contribution in [0.2, 0.25) is 36.6 Å². The van der Waals surface area contributed by atoms with Gasteiger partial charge >= 0.3 is 0 Å². The quantitative estimate of drug-likeness (QED) is 0.0798. The Morgan fingerprint density at radius 2 is 0.591 bits per heavy atom. The predicted molar refractivity (Wildman–Crippen MR) is 518 cm³/mol. The van der Waals surface area contributed by atoms with E-state index in [-0.39, 0.29) is 21.1 Å². The molecule has 0 aliphatic heterocycles. The molecule has 0 aliphatic carbocycles. The number of aromatic nitrogens is 18. The van der Waals surface area contributed by atoms with Gasteiger partial charge in [-0.05, 0) is 206 Å². The summed E-state index contributed by atoms with van der Waals surface area (Å²) in [5.41, 5.74) is 17.7. The average molecular weight is 1790 g/mol. The first-order chi connectivity index (χ1) is 62.3. The third kappa shape index (κ3) is 19.1. The van der Waals surface area contributed by atoms with Gasteiger partial charge in [-0.1, -0.05) is 241 Å². The molecule has 0 saturated heterocycles. The molecule has 0 atom stereocenters. The van der Waals surface area contributed by atoms with Gasteiger partial charge in [-0.2, -0.15) is 15.0 Å². The zero-order chi connectivity index (χ0) is 86.5. The van der Waals surface area contributed by atoms with Crippen molar-refractivity contribution in [1.29, 1.82) is 0 Å². The van der Waals surface area contributed by atoms with Crippen molar-refractivity contribution >= 4 is 180 Å². The molecule has 0 N–H and O–H groups in total. The number of benzene rings is 11. The number of pyridine rings is 2. The summed E-state index contributed by atoms with van der Waals surface area (Å²) < 4.78 is 12.1. The smallest absolute Gasteiger partial charge is 0.224 e. The van der Waals surface area contributed by atoms with Crippen LogP contribution in [0.1, 0.15) is 0 Å². The molecule has 0 amide bonds. The second-order valence-corrected chi connectivity index (χ2v) is 31.1. The SMILES string of the molecule is Clc1cc2c(ccn2-c2ccccc2)cn1.Clc1ccc2ccn(-c3ccccc3)c2n1.Clc1cnc2ccn(-c3ccccc3)c2n1.Clc1nc(-c2ccccc2)c2c(ccc3ccccc32)n1.Clc1ncc2ccn(-c3ccc(-c4ccccc4)cc3)c2n1.Clc1ncc2ccn(-c3ccc4ccccc4c3)c2n1.Clc1ncc2ccn(-c3ccccc3)c2n1. The molecule has 11 aromatic carbocycles. The number of halogens is 7. The summed E-state index contributed by atoms with van der Waals surface area (Å²) in [4.78, 5) is 50.6. The Labute approximate surface area is 762 Å². The summed E-state index contributed by atoms with van der Waals surface area (Å²) in [6.45, 7) is 0. The monoisotopic (exact) mass is 1790 g/mol. The van der Waals surface area contributed by atoms with Gasteiger partial charge in [-0.25, -0.2) is 44.9 Å². The zero-order valence-corrected chi connectivity index (χ0v) is 72.2. The summed E-state index contributed by atoms with van der Waals surface area (Å²) in [7, 11) is 0. The van der Waals surface area contributed by atoms with Gasteiger partial charge in [-0.3, -0.25) is 4.57 Å². The van der Waals surface area contributed by atoms with Crippen molar-refractivity contribution in [1.82, 2.24) is 87.2 Å². The summed E-state index contributed by atoms with van der Waals surface area (Å²) in [5, 5.41) is 13.4. The molecule has 614 valence electrons. The highest BCUT2D eigenvalue weighted by molar-refractivity contribution is 6.31. The summed E-state index contributed by atoms with van der Waals surface area (Å²) in [6, 6.07) is 114. The lowest BCUT2D eigenvalue weighted by molar-refractivity contribution is 1.08. The van der Waals surface area contributed by atoms with Crippen molar-refractivity contribution in [2.75, 3.05) is 0 Å². The Bertz CT molecular complexity index is 7480. The molecule has 13 heterocycles. The minimum Gasteiger partial charge on any atom is -0.316 e. The van der Waals surface area contributed by atoms with Crippen molar-refractivity contribution in [3.8, 4) is 56.5 Å². The lowest BCUT2D eigenvalue weighted by Crippen LogP contribution is -1.94. The molecular weight excluding hydrogens is 1730 g/mol. The number of fused-ring (bicyclic) bond motifs is 10. The molecule has 25 heteroatoms. The highest BCUT2D eigenvalue weighted by Crippen LogP contribution is 2.35. The Morgan fingerprint density at radius 1 is 0.197 bits per heavy atom. The van der Waals surface area contributed by atoms with Gasteiger partial charge in [0.05, 0.1) is 22.9 Å². The Kier molecular flexibility index (Phi) is 25.2. The largest absolute Gasteiger partial charge is 0.316 e. The van der Waals surface area contributed by atoms with Gasteiger partial charge in [0.25, 0.3) is 0 Å². The number of nitrogens with zero attached hydrogens (tertiary/aromatic N) is 18. The van der Waals surface area contributed by atoms with E-state index >= 15 is 0 Å². The van der Waals surface area contributed by atoms with E-state index in [0.717, 1.165) is 128 Å². The second-order valence-electron chi connectivity index (χ2n) is 28.6. The Hall–Kier alpha value is -14.8. The van der Waals surface area contributed by atoms with Crippen LogP contribution < -0.4 is 0 Å². The zero-order valence-electron chi connectivity index (χ0n) is 66.9. The van der Waals surface area contributed by atoms with E-state index in [9.17, 15) is 0 Å². The van der Waals surface area contributed by atoms with Crippen LogP contribution in [0, 0.1) is 0 Å². The van der Waals surface area contributed by atoms with Gasteiger partial charge < -0.3 is 22.8 Å². The van der Waals surface area contributed by atoms with Crippen LogP contribution in [0.15, 0.2) is 408 Å². The van der Waals surface area contributed by atoms with Crippen LogP contribution in [0.4, 0.5) is 0 Å². The predicted octanol–water partition coefficient (Wildman–Crippen LogP) is 27.6. The first-order valence-electron chi connectivity index (χ1n) is 39.8. The van der Waals surface area contributed by atoms with Crippen molar-refractivity contribution in [2.45, 2.75) is 0 Å². The maximum Gasteiger partial charge on any atom is 0.224 e. The van der Waals surface area contributed by atoms with Gasteiger partial charge in [-0.15, -0.1) is 0 Å². The fourth-order valence-electron chi connectivity index (χ4n) is 14.6. The van der Waals surface area contributed by atoms with E-state index in [1.165, 1.54) is 27.3 Å². The molecule has 0 saturated carbocycles. The summed E-state index contributed by atoms with van der Waals surface area (Å²) in [5.74, 6) is 0. The van der Waals surface area contributed by atoms with E-state index < -0.39 is 0 Å². The summed E-state index contributed by atoms with van der Waals surface area (Å²) in [6.07, 6.45) is 20.4. The van der Waals surface area contributed by atoms with Gasteiger partial charge in [0, 0.05) is 140 Å². The van der Waals surface area contributed by atoms with E-state index in [2.05, 4.69) is 161 Å². The maximum absolute atomic E-state index is 6.10. The first-order valence-corrected chi connectivity index (χ1v) is 42.5. The number of rotatable bonds is 8. The van der Waals surface area contributed by atoms with E-state index in [1.807, 2.05) is 297 Å². The van der Waals surface area contributed by atoms with Crippen LogP contribution in [-0.4, -0.2) is 87.2 Å². The molecule has 0 bridgehead atoms. The Balaban J connectivity index is 0.000000101. The first kappa shape index (κ1) is 83.1. The highest BCUT2D eigenvalue weighted by atomic mass is 35.5. The van der Waals surface area contributed by atoms with Crippen molar-refractivity contribution in [3.05, 3.63) is 444 Å². The van der Waals surface area contributed by atoms with E-state index in [1.54, 1.807) is 37.1 Å². The minimum atomic E-state index is 0.258. The van der Waals surface area contributed by atoms with Crippen LogP contribution >= 0.6 is 81.2 Å². The van der Waals surface area contributed by atoms with Crippen molar-refractivity contribution < 1.29 is 0 Å². The molecule has 18 nitrogen and oxygen atoms in total. The molecule has 24 rings (SSSR count). The summed E-state index contributed by atoms with van der Waals surface area (Å²) >= 11 is 41.4. The van der Waals surface area contributed by atoms with Gasteiger partial charge in [0.2, 0.25) is 21.1 Å². The fraction of sp³-hybridized carbons (Fsp3) is 0. The normalized spacial score (nSPS) is 11.0. The van der Waals surface area contributed by atoms with Crippen molar-refractivity contribution in [3.63, 3.8) is 0 Å². The molecule has 24 aromatic rings. The molecular formula is C102H67Cl7N18. The number of hydrogen-bond donors (Lipinski definition) is 0. The fourth-order valence-corrected chi connectivity index (χ4v) is 15.6. The average Bonchev–Trinajstić information content (AvgIpc) is 1.62. The van der Waals surface area contributed by atoms with Crippen molar-refractivity contribution in [2.24, 2.45) is 0 Å². The van der Waals surface area contributed by atoms with Crippen LogP contribution in [0.3, 0.4) is 0 Å². The highest BCUT2D eigenvalue weighted by Gasteiger charge is 2.16. The third-order valence-corrected chi connectivity index (χ3v) is 21.9.